The van der Waals surface area contributed by atoms with Gasteiger partial charge >= 0.3 is 0 Å². The highest BCUT2D eigenvalue weighted by molar-refractivity contribution is 7.13. The Morgan fingerprint density at radius 1 is 1.53 bits per heavy atom. The Morgan fingerprint density at radius 3 is 2.88 bits per heavy atom. The number of ether oxygens (including phenoxy) is 1. The minimum Gasteiger partial charge on any atom is -0.380 e. The number of likely N-dealkylation sites (N-methyl/N-ethyl adjacent to an activating group) is 1. The lowest BCUT2D eigenvalue weighted by molar-refractivity contribution is 0.154. The van der Waals surface area contributed by atoms with Gasteiger partial charge in [-0.1, -0.05) is 0 Å². The van der Waals surface area contributed by atoms with Gasteiger partial charge in [0.05, 0.1) is 12.3 Å². The standard InChI is InChI=1S/C12H23N3OS/c1-5-15(7-8-16-6-2)12-14-11(9-17-12)10(3)13-4/h9-10,13H,5-8H2,1-4H3. The van der Waals surface area contributed by atoms with Crippen LogP contribution in [0, 0.1) is 0 Å². The van der Waals surface area contributed by atoms with Crippen molar-refractivity contribution in [3.8, 4) is 0 Å². The minimum absolute atomic E-state index is 0.311. The van der Waals surface area contributed by atoms with E-state index in [-0.39, 0.29) is 0 Å². The highest BCUT2D eigenvalue weighted by Crippen LogP contribution is 2.23. The van der Waals surface area contributed by atoms with Crippen LogP contribution in [-0.2, 0) is 4.74 Å². The van der Waals surface area contributed by atoms with Gasteiger partial charge in [0, 0.05) is 31.1 Å². The van der Waals surface area contributed by atoms with Crippen LogP contribution in [0.5, 0.6) is 0 Å². The Labute approximate surface area is 108 Å². The van der Waals surface area contributed by atoms with Crippen LogP contribution in [0.15, 0.2) is 5.38 Å². The molecule has 1 rings (SSSR count). The van der Waals surface area contributed by atoms with Crippen LogP contribution in [0.4, 0.5) is 5.13 Å². The number of rotatable bonds is 8. The zero-order valence-electron chi connectivity index (χ0n) is 11.2. The molecule has 0 saturated carbocycles. The Bertz CT molecular complexity index is 316. The maximum Gasteiger partial charge on any atom is 0.185 e. The number of hydrogen-bond acceptors (Lipinski definition) is 5. The van der Waals surface area contributed by atoms with Gasteiger partial charge in [0.2, 0.25) is 0 Å². The zero-order valence-corrected chi connectivity index (χ0v) is 12.0. The van der Waals surface area contributed by atoms with Gasteiger partial charge in [-0.05, 0) is 27.8 Å². The molecule has 0 fully saturated rings. The molecule has 17 heavy (non-hydrogen) atoms. The molecule has 98 valence electrons. The summed E-state index contributed by atoms with van der Waals surface area (Å²) in [7, 11) is 1.95. The van der Waals surface area contributed by atoms with Crippen LogP contribution in [0.25, 0.3) is 0 Å². The molecule has 1 aromatic rings. The smallest absolute Gasteiger partial charge is 0.185 e. The fourth-order valence-electron chi connectivity index (χ4n) is 1.48. The molecule has 1 unspecified atom stereocenters. The molecule has 1 heterocycles. The SMILES string of the molecule is CCOCCN(CC)c1nc(C(C)NC)cs1. The summed E-state index contributed by atoms with van der Waals surface area (Å²) in [5, 5.41) is 6.42. The topological polar surface area (TPSA) is 37.4 Å². The summed E-state index contributed by atoms with van der Waals surface area (Å²) < 4.78 is 5.39. The first-order valence-electron chi connectivity index (χ1n) is 6.18. The maximum atomic E-state index is 5.39. The summed E-state index contributed by atoms with van der Waals surface area (Å²) in [6.07, 6.45) is 0. The molecule has 1 aromatic heterocycles. The van der Waals surface area contributed by atoms with Gasteiger partial charge < -0.3 is 15.0 Å². The highest BCUT2D eigenvalue weighted by Gasteiger charge is 2.12. The van der Waals surface area contributed by atoms with E-state index in [1.807, 2.05) is 14.0 Å². The van der Waals surface area contributed by atoms with Crippen molar-refractivity contribution in [1.29, 1.82) is 0 Å². The lowest BCUT2D eigenvalue weighted by atomic mass is 10.3. The molecule has 0 amide bonds. The summed E-state index contributed by atoms with van der Waals surface area (Å²) in [4.78, 5) is 6.91. The zero-order chi connectivity index (χ0) is 12.7. The Morgan fingerprint density at radius 2 is 2.29 bits per heavy atom. The van der Waals surface area contributed by atoms with E-state index in [2.05, 4.69) is 34.4 Å². The molecule has 1 atom stereocenters. The van der Waals surface area contributed by atoms with E-state index in [4.69, 9.17) is 4.74 Å². The van der Waals surface area contributed by atoms with Crippen molar-refractivity contribution < 1.29 is 4.74 Å². The second-order valence-electron chi connectivity index (χ2n) is 3.84. The molecule has 0 aliphatic carbocycles. The number of nitrogens with one attached hydrogen (secondary N) is 1. The van der Waals surface area contributed by atoms with E-state index in [0.29, 0.717) is 6.04 Å². The van der Waals surface area contributed by atoms with Crippen LogP contribution in [0.2, 0.25) is 0 Å². The van der Waals surface area contributed by atoms with Crippen LogP contribution in [-0.4, -0.2) is 38.3 Å². The maximum absolute atomic E-state index is 5.39. The number of anilines is 1. The van der Waals surface area contributed by atoms with Crippen molar-refractivity contribution in [2.45, 2.75) is 26.8 Å². The lowest BCUT2D eigenvalue weighted by Gasteiger charge is -2.19. The van der Waals surface area contributed by atoms with E-state index >= 15 is 0 Å². The third-order valence-corrected chi connectivity index (χ3v) is 3.67. The first kappa shape index (κ1) is 14.4. The Balaban J connectivity index is 2.59. The summed E-state index contributed by atoms with van der Waals surface area (Å²) in [5.41, 5.74) is 1.11. The van der Waals surface area contributed by atoms with Crippen LogP contribution in [0.3, 0.4) is 0 Å². The average Bonchev–Trinajstić information content (AvgIpc) is 2.83. The number of hydrogen-bond donors (Lipinski definition) is 1. The van der Waals surface area contributed by atoms with Crippen LogP contribution in [0.1, 0.15) is 32.5 Å². The van der Waals surface area contributed by atoms with E-state index in [1.54, 1.807) is 11.3 Å². The van der Waals surface area contributed by atoms with E-state index < -0.39 is 0 Å². The molecule has 0 aromatic carbocycles. The average molecular weight is 257 g/mol. The van der Waals surface area contributed by atoms with Crippen molar-refractivity contribution in [2.75, 3.05) is 38.3 Å². The van der Waals surface area contributed by atoms with Gasteiger partial charge in [0.25, 0.3) is 0 Å². The van der Waals surface area contributed by atoms with Crippen LogP contribution >= 0.6 is 11.3 Å². The molecule has 4 nitrogen and oxygen atoms in total. The first-order valence-corrected chi connectivity index (χ1v) is 7.06. The molecular weight excluding hydrogens is 234 g/mol. The quantitative estimate of drug-likeness (QED) is 0.725. The highest BCUT2D eigenvalue weighted by atomic mass is 32.1. The minimum atomic E-state index is 0.311. The summed E-state index contributed by atoms with van der Waals surface area (Å²) in [6.45, 7) is 9.70. The number of aromatic nitrogens is 1. The Hall–Kier alpha value is -0.650. The van der Waals surface area contributed by atoms with Gasteiger partial charge in [0.1, 0.15) is 0 Å². The van der Waals surface area contributed by atoms with Gasteiger partial charge in [-0.2, -0.15) is 0 Å². The van der Waals surface area contributed by atoms with E-state index in [9.17, 15) is 0 Å². The fourth-order valence-corrected chi connectivity index (χ4v) is 2.49. The van der Waals surface area contributed by atoms with Gasteiger partial charge in [-0.3, -0.25) is 0 Å². The molecule has 0 saturated heterocycles. The Kier molecular flexibility index (Phi) is 6.47. The van der Waals surface area contributed by atoms with Gasteiger partial charge in [-0.25, -0.2) is 4.98 Å². The monoisotopic (exact) mass is 257 g/mol. The predicted octanol–water partition coefficient (Wildman–Crippen LogP) is 2.29. The lowest BCUT2D eigenvalue weighted by Crippen LogP contribution is -2.27. The van der Waals surface area contributed by atoms with Gasteiger partial charge in [-0.15, -0.1) is 11.3 Å². The van der Waals surface area contributed by atoms with Crippen molar-refractivity contribution in [1.82, 2.24) is 10.3 Å². The fraction of sp³-hybridized carbons (Fsp3) is 0.750. The van der Waals surface area contributed by atoms with Crippen molar-refractivity contribution >= 4 is 16.5 Å². The molecular formula is C12H23N3OS. The second kappa shape index (κ2) is 7.63. The van der Waals surface area contributed by atoms with E-state index in [1.165, 1.54) is 0 Å². The predicted molar refractivity (Wildman–Crippen MR) is 74.0 cm³/mol. The molecule has 0 bridgehead atoms. The molecule has 0 aliphatic rings. The van der Waals surface area contributed by atoms with Crippen molar-refractivity contribution in [3.63, 3.8) is 0 Å². The van der Waals surface area contributed by atoms with E-state index in [0.717, 1.165) is 37.1 Å². The molecule has 5 heteroatoms. The summed E-state index contributed by atoms with van der Waals surface area (Å²) in [6, 6.07) is 0.311. The van der Waals surface area contributed by atoms with Crippen molar-refractivity contribution in [3.05, 3.63) is 11.1 Å². The largest absolute Gasteiger partial charge is 0.380 e. The van der Waals surface area contributed by atoms with Gasteiger partial charge in [0.15, 0.2) is 5.13 Å². The third-order valence-electron chi connectivity index (χ3n) is 2.75. The molecule has 1 N–H and O–H groups in total. The second-order valence-corrected chi connectivity index (χ2v) is 4.68. The van der Waals surface area contributed by atoms with Crippen molar-refractivity contribution in [2.24, 2.45) is 0 Å². The molecule has 0 aliphatic heterocycles. The number of nitrogens with zero attached hydrogens (tertiary/aromatic N) is 2. The first-order chi connectivity index (χ1) is 8.22. The molecule has 0 spiro atoms. The number of thiazole rings is 1. The molecule has 0 radical (unpaired) electrons. The van der Waals surface area contributed by atoms with Crippen LogP contribution < -0.4 is 10.2 Å². The summed E-state index contributed by atoms with van der Waals surface area (Å²) in [5.74, 6) is 0. The third kappa shape index (κ3) is 4.26. The summed E-state index contributed by atoms with van der Waals surface area (Å²) >= 11 is 1.70. The normalized spacial score (nSPS) is 12.7.